The molecule has 0 aromatic carbocycles. The summed E-state index contributed by atoms with van der Waals surface area (Å²) in [6, 6.07) is -1.08. The summed E-state index contributed by atoms with van der Waals surface area (Å²) >= 11 is 0. The summed E-state index contributed by atoms with van der Waals surface area (Å²) in [6.45, 7) is 0. The van der Waals surface area contributed by atoms with E-state index in [1.54, 1.807) is 0 Å². The number of aliphatic hydroxyl groups excluding tert-OH is 1. The van der Waals surface area contributed by atoms with Crippen molar-refractivity contribution in [2.45, 2.75) is 6.23 Å². The first-order chi connectivity index (χ1) is 4.04. The lowest BCUT2D eigenvalue weighted by atomic mass is 10.6. The van der Waals surface area contributed by atoms with Crippen molar-refractivity contribution < 1.29 is 19.8 Å². The van der Waals surface area contributed by atoms with Gasteiger partial charge in [-0.1, -0.05) is 0 Å². The van der Waals surface area contributed by atoms with Gasteiger partial charge in [-0.15, -0.1) is 0 Å². The first-order valence-corrected chi connectivity index (χ1v) is 2.01. The van der Waals surface area contributed by atoms with Gasteiger partial charge in [0.15, 0.2) is 0 Å². The van der Waals surface area contributed by atoms with Gasteiger partial charge in [0.2, 0.25) is 6.23 Å². The minimum Gasteiger partial charge on any atom is -0.478 e. The molecule has 52 valence electrons. The van der Waals surface area contributed by atoms with E-state index in [0.29, 0.717) is 0 Å². The fourth-order valence-electron chi connectivity index (χ4n) is 0.196. The summed E-state index contributed by atoms with van der Waals surface area (Å²) in [6.07, 6.45) is -1.91. The van der Waals surface area contributed by atoms with E-state index in [1.165, 1.54) is 5.32 Å². The number of aliphatic carboxylic acids is 1. The van der Waals surface area contributed by atoms with Crippen molar-refractivity contribution in [2.75, 3.05) is 0 Å². The largest absolute Gasteiger partial charge is 0.478 e. The number of carboxylic acid groups (broad SMARTS) is 1. The van der Waals surface area contributed by atoms with Gasteiger partial charge in [-0.2, -0.15) is 0 Å². The predicted molar refractivity (Wildman–Crippen MR) is 26.4 cm³/mol. The Hall–Kier alpha value is -1.30. The van der Waals surface area contributed by atoms with Crippen LogP contribution < -0.4 is 11.1 Å². The third-order valence-electron chi connectivity index (χ3n) is 0.513. The molecule has 0 aromatic rings. The number of aliphatic hydroxyl groups is 1. The molecule has 0 unspecified atom stereocenters. The lowest BCUT2D eigenvalue weighted by molar-refractivity contribution is -0.147. The highest BCUT2D eigenvalue weighted by molar-refractivity contribution is 5.80. The van der Waals surface area contributed by atoms with Gasteiger partial charge < -0.3 is 21.3 Å². The topological polar surface area (TPSA) is 113 Å². The lowest BCUT2D eigenvalue weighted by Crippen LogP contribution is -2.43. The van der Waals surface area contributed by atoms with E-state index in [-0.39, 0.29) is 0 Å². The van der Waals surface area contributed by atoms with E-state index in [2.05, 4.69) is 5.73 Å². The smallest absolute Gasteiger partial charge is 0.353 e. The van der Waals surface area contributed by atoms with E-state index in [9.17, 15) is 9.59 Å². The standard InChI is InChI=1S/C3H6N2O4/c4-3(9)5-1(6)2(7)8/h1,6H,(H,7,8)(H3,4,5,9)/t1-/m1/s1. The number of carbonyl (C=O) groups excluding carboxylic acids is 1. The van der Waals surface area contributed by atoms with E-state index in [0.717, 1.165) is 0 Å². The number of carboxylic acids is 1. The summed E-state index contributed by atoms with van der Waals surface area (Å²) in [7, 11) is 0. The number of nitrogens with two attached hydrogens (primary N) is 1. The highest BCUT2D eigenvalue weighted by Crippen LogP contribution is 1.72. The van der Waals surface area contributed by atoms with E-state index < -0.39 is 18.2 Å². The van der Waals surface area contributed by atoms with Crippen LogP contribution in [0.4, 0.5) is 4.79 Å². The summed E-state index contributed by atoms with van der Waals surface area (Å²) in [5.41, 5.74) is 4.46. The zero-order valence-electron chi connectivity index (χ0n) is 4.37. The molecule has 0 aliphatic heterocycles. The molecule has 6 heteroatoms. The molecule has 0 bridgehead atoms. The Balaban J connectivity index is 3.63. The number of rotatable bonds is 2. The third kappa shape index (κ3) is 3.30. The van der Waals surface area contributed by atoms with Crippen LogP contribution in [-0.2, 0) is 4.79 Å². The van der Waals surface area contributed by atoms with Crippen LogP contribution in [0, 0.1) is 0 Å². The molecular weight excluding hydrogens is 128 g/mol. The summed E-state index contributed by atoms with van der Waals surface area (Å²) < 4.78 is 0. The molecule has 0 spiro atoms. The molecule has 0 saturated carbocycles. The molecule has 0 aliphatic carbocycles. The Morgan fingerprint density at radius 3 is 2.11 bits per heavy atom. The maximum atomic E-state index is 9.80. The van der Waals surface area contributed by atoms with Crippen molar-refractivity contribution in [3.63, 3.8) is 0 Å². The van der Waals surface area contributed by atoms with Gasteiger partial charge in [0.25, 0.3) is 0 Å². The number of carbonyl (C=O) groups is 2. The SMILES string of the molecule is NC(=O)N[C@H](O)C(=O)O. The highest BCUT2D eigenvalue weighted by atomic mass is 16.4. The molecule has 0 rings (SSSR count). The van der Waals surface area contributed by atoms with Gasteiger partial charge in [-0.3, -0.25) is 0 Å². The highest BCUT2D eigenvalue weighted by Gasteiger charge is 2.12. The maximum absolute atomic E-state index is 9.80. The Labute approximate surface area is 50.3 Å². The number of primary amides is 1. The molecule has 0 aromatic heterocycles. The molecule has 0 radical (unpaired) electrons. The van der Waals surface area contributed by atoms with Crippen molar-refractivity contribution in [3.05, 3.63) is 0 Å². The van der Waals surface area contributed by atoms with Crippen molar-refractivity contribution in [1.82, 2.24) is 5.32 Å². The first-order valence-electron chi connectivity index (χ1n) is 2.01. The lowest BCUT2D eigenvalue weighted by Gasteiger charge is -2.02. The van der Waals surface area contributed by atoms with Crippen LogP contribution in [0.3, 0.4) is 0 Å². The second-order valence-corrected chi connectivity index (χ2v) is 1.25. The fraction of sp³-hybridized carbons (Fsp3) is 0.333. The summed E-state index contributed by atoms with van der Waals surface area (Å²) in [5.74, 6) is -1.55. The van der Waals surface area contributed by atoms with Crippen LogP contribution in [-0.4, -0.2) is 28.4 Å². The maximum Gasteiger partial charge on any atom is 0.353 e. The average molecular weight is 134 g/mol. The van der Waals surface area contributed by atoms with Gasteiger partial charge >= 0.3 is 12.0 Å². The van der Waals surface area contributed by atoms with Gasteiger partial charge in [0, 0.05) is 0 Å². The van der Waals surface area contributed by atoms with E-state index in [4.69, 9.17) is 10.2 Å². The third-order valence-corrected chi connectivity index (χ3v) is 0.513. The van der Waals surface area contributed by atoms with Crippen LogP contribution in [0.5, 0.6) is 0 Å². The second-order valence-electron chi connectivity index (χ2n) is 1.25. The van der Waals surface area contributed by atoms with E-state index >= 15 is 0 Å². The van der Waals surface area contributed by atoms with Crippen LogP contribution in [0.1, 0.15) is 0 Å². The van der Waals surface area contributed by atoms with Gasteiger partial charge in [-0.25, -0.2) is 9.59 Å². The molecular formula is C3H6N2O4. The van der Waals surface area contributed by atoms with Crippen LogP contribution in [0.15, 0.2) is 0 Å². The summed E-state index contributed by atoms with van der Waals surface area (Å²) in [4.78, 5) is 19.5. The van der Waals surface area contributed by atoms with Gasteiger partial charge in [-0.05, 0) is 0 Å². The molecule has 1 atom stereocenters. The van der Waals surface area contributed by atoms with Crippen molar-refractivity contribution in [1.29, 1.82) is 0 Å². The zero-order valence-corrected chi connectivity index (χ0v) is 4.37. The Kier molecular flexibility index (Phi) is 2.46. The number of amides is 2. The molecule has 2 amide bonds. The van der Waals surface area contributed by atoms with Gasteiger partial charge in [0.1, 0.15) is 0 Å². The van der Waals surface area contributed by atoms with Crippen LogP contribution >= 0.6 is 0 Å². The minimum absolute atomic E-state index is 1.08. The summed E-state index contributed by atoms with van der Waals surface area (Å²) in [5, 5.41) is 17.7. The van der Waals surface area contributed by atoms with E-state index in [1.807, 2.05) is 0 Å². The number of nitrogens with one attached hydrogen (secondary N) is 1. The normalized spacial score (nSPS) is 12.1. The van der Waals surface area contributed by atoms with Crippen molar-refractivity contribution >= 4 is 12.0 Å². The monoisotopic (exact) mass is 134 g/mol. The van der Waals surface area contributed by atoms with Crippen LogP contribution in [0.2, 0.25) is 0 Å². The number of hydrogen-bond donors (Lipinski definition) is 4. The van der Waals surface area contributed by atoms with Crippen molar-refractivity contribution in [2.24, 2.45) is 5.73 Å². The van der Waals surface area contributed by atoms with Gasteiger partial charge in [0.05, 0.1) is 0 Å². The second kappa shape index (κ2) is 2.88. The molecule has 9 heavy (non-hydrogen) atoms. The minimum atomic E-state index is -1.91. The number of hydrogen-bond acceptors (Lipinski definition) is 3. The first kappa shape index (κ1) is 7.70. The molecule has 0 aliphatic rings. The Morgan fingerprint density at radius 2 is 2.00 bits per heavy atom. The molecule has 0 heterocycles. The quantitative estimate of drug-likeness (QED) is 0.329. The molecule has 5 N–H and O–H groups in total. The average Bonchev–Trinajstić information content (AvgIpc) is 1.63. The molecule has 0 fully saturated rings. The fourth-order valence-corrected chi connectivity index (χ4v) is 0.196. The Bertz CT molecular complexity index is 134. The molecule has 6 nitrogen and oxygen atoms in total. The van der Waals surface area contributed by atoms with Crippen LogP contribution in [0.25, 0.3) is 0 Å². The number of urea groups is 1. The molecule has 0 saturated heterocycles. The van der Waals surface area contributed by atoms with Crippen molar-refractivity contribution in [3.8, 4) is 0 Å². The zero-order chi connectivity index (χ0) is 7.44. The Morgan fingerprint density at radius 1 is 1.56 bits per heavy atom. The predicted octanol–water partition coefficient (Wildman–Crippen LogP) is -1.94.